The van der Waals surface area contributed by atoms with Crippen LogP contribution in [0.4, 0.5) is 0 Å². The molecule has 0 aromatic carbocycles. The summed E-state index contributed by atoms with van der Waals surface area (Å²) in [5.41, 5.74) is -0.229. The van der Waals surface area contributed by atoms with Crippen LogP contribution >= 0.6 is 0 Å². The fourth-order valence-corrected chi connectivity index (χ4v) is 4.37. The van der Waals surface area contributed by atoms with E-state index >= 15 is 0 Å². The lowest BCUT2D eigenvalue weighted by atomic mass is 9.85. The quantitative estimate of drug-likeness (QED) is 0.777. The van der Waals surface area contributed by atoms with Gasteiger partial charge < -0.3 is 4.90 Å². The Bertz CT molecular complexity index is 349. The minimum absolute atomic E-state index is 0.229. The van der Waals surface area contributed by atoms with E-state index in [2.05, 4.69) is 30.1 Å². The summed E-state index contributed by atoms with van der Waals surface area (Å²) >= 11 is 0. The molecule has 1 aliphatic carbocycles. The maximum atomic E-state index is 9.72. The number of hydrogen-bond acceptors (Lipinski definition) is 3. The molecule has 0 spiro atoms. The van der Waals surface area contributed by atoms with E-state index in [0.717, 1.165) is 25.4 Å². The Labute approximate surface area is 131 Å². The lowest BCUT2D eigenvalue weighted by Crippen LogP contribution is -2.49. The van der Waals surface area contributed by atoms with Gasteiger partial charge in [0.2, 0.25) is 0 Å². The molecule has 3 unspecified atom stereocenters. The largest absolute Gasteiger partial charge is 0.300 e. The third kappa shape index (κ3) is 3.99. The lowest BCUT2D eigenvalue weighted by molar-refractivity contribution is 0.128. The molecule has 2 rings (SSSR count). The van der Waals surface area contributed by atoms with Gasteiger partial charge in [-0.25, -0.2) is 0 Å². The van der Waals surface area contributed by atoms with Crippen molar-refractivity contribution in [3.8, 4) is 6.07 Å². The van der Waals surface area contributed by atoms with Gasteiger partial charge in [0.1, 0.15) is 5.54 Å². The molecule has 3 atom stereocenters. The normalized spacial score (nSPS) is 34.0. The standard InChI is InChI=1S/C18H33N3/c1-3-12-20-18(15-19)11-7-8-16(18)10-14-21-13-6-5-9-17(21)4-2/h16-17,20H,3-14H2,1-2H3. The number of likely N-dealkylation sites (tertiary alicyclic amines) is 1. The third-order valence-corrected chi connectivity index (χ3v) is 5.70. The van der Waals surface area contributed by atoms with Crippen LogP contribution in [-0.4, -0.2) is 36.1 Å². The zero-order valence-corrected chi connectivity index (χ0v) is 14.0. The minimum Gasteiger partial charge on any atom is -0.300 e. The molecule has 0 bridgehead atoms. The summed E-state index contributed by atoms with van der Waals surface area (Å²) in [6.45, 7) is 7.95. The highest BCUT2D eigenvalue weighted by molar-refractivity contribution is 5.14. The van der Waals surface area contributed by atoms with Gasteiger partial charge in [-0.3, -0.25) is 5.32 Å². The molecule has 2 aliphatic rings. The summed E-state index contributed by atoms with van der Waals surface area (Å²) in [5.74, 6) is 0.550. The molecule has 1 aliphatic heterocycles. The van der Waals surface area contributed by atoms with E-state index < -0.39 is 0 Å². The number of nitriles is 1. The Morgan fingerprint density at radius 2 is 2.10 bits per heavy atom. The summed E-state index contributed by atoms with van der Waals surface area (Å²) in [5, 5.41) is 13.3. The summed E-state index contributed by atoms with van der Waals surface area (Å²) in [6.07, 6.45) is 11.2. The molecular weight excluding hydrogens is 258 g/mol. The molecule has 21 heavy (non-hydrogen) atoms. The number of piperidine rings is 1. The SMILES string of the molecule is CCCNC1(C#N)CCCC1CCN1CCCCC1CC. The summed E-state index contributed by atoms with van der Waals surface area (Å²) in [7, 11) is 0. The first-order chi connectivity index (χ1) is 10.3. The van der Waals surface area contributed by atoms with Crippen molar-refractivity contribution in [2.45, 2.75) is 83.2 Å². The third-order valence-electron chi connectivity index (χ3n) is 5.70. The topological polar surface area (TPSA) is 39.1 Å². The van der Waals surface area contributed by atoms with Gasteiger partial charge in [-0.1, -0.05) is 26.7 Å². The first-order valence-corrected chi connectivity index (χ1v) is 9.16. The molecule has 0 amide bonds. The number of nitrogens with zero attached hydrogens (tertiary/aromatic N) is 2. The monoisotopic (exact) mass is 291 g/mol. The molecule has 0 aromatic rings. The van der Waals surface area contributed by atoms with Gasteiger partial charge in [0.15, 0.2) is 0 Å². The Hall–Kier alpha value is -0.590. The number of rotatable bonds is 7. The van der Waals surface area contributed by atoms with E-state index in [0.29, 0.717) is 5.92 Å². The van der Waals surface area contributed by atoms with Crippen LogP contribution in [0.15, 0.2) is 0 Å². The van der Waals surface area contributed by atoms with Crippen LogP contribution in [0.2, 0.25) is 0 Å². The van der Waals surface area contributed by atoms with Crippen LogP contribution in [-0.2, 0) is 0 Å². The van der Waals surface area contributed by atoms with Gasteiger partial charge >= 0.3 is 0 Å². The Morgan fingerprint density at radius 3 is 2.81 bits per heavy atom. The fourth-order valence-electron chi connectivity index (χ4n) is 4.37. The van der Waals surface area contributed by atoms with Crippen LogP contribution < -0.4 is 5.32 Å². The van der Waals surface area contributed by atoms with E-state index in [1.54, 1.807) is 0 Å². The van der Waals surface area contributed by atoms with Gasteiger partial charge in [0, 0.05) is 6.04 Å². The minimum atomic E-state index is -0.229. The Morgan fingerprint density at radius 1 is 1.24 bits per heavy atom. The van der Waals surface area contributed by atoms with Crippen LogP contribution in [0.25, 0.3) is 0 Å². The molecule has 3 heteroatoms. The number of hydrogen-bond donors (Lipinski definition) is 1. The van der Waals surface area contributed by atoms with Gasteiger partial charge in [-0.2, -0.15) is 5.26 Å². The predicted octanol–water partition coefficient (Wildman–Crippen LogP) is 3.70. The maximum absolute atomic E-state index is 9.72. The second kappa shape index (κ2) is 8.15. The van der Waals surface area contributed by atoms with Crippen LogP contribution in [0, 0.1) is 17.2 Å². The fraction of sp³-hybridized carbons (Fsp3) is 0.944. The average molecular weight is 291 g/mol. The first kappa shape index (κ1) is 16.8. The van der Waals surface area contributed by atoms with Crippen molar-refractivity contribution >= 4 is 0 Å². The van der Waals surface area contributed by atoms with Crippen molar-refractivity contribution in [1.82, 2.24) is 10.2 Å². The number of nitrogens with one attached hydrogen (secondary N) is 1. The highest BCUT2D eigenvalue weighted by Crippen LogP contribution is 2.38. The molecular formula is C18H33N3. The second-order valence-electron chi connectivity index (χ2n) is 6.98. The first-order valence-electron chi connectivity index (χ1n) is 9.16. The van der Waals surface area contributed by atoms with Crippen molar-refractivity contribution in [3.63, 3.8) is 0 Å². The molecule has 1 saturated heterocycles. The van der Waals surface area contributed by atoms with E-state index in [1.807, 2.05) is 0 Å². The second-order valence-corrected chi connectivity index (χ2v) is 6.98. The van der Waals surface area contributed by atoms with Crippen LogP contribution in [0.1, 0.15) is 71.6 Å². The predicted molar refractivity (Wildman–Crippen MR) is 88.1 cm³/mol. The molecule has 120 valence electrons. The summed E-state index contributed by atoms with van der Waals surface area (Å²) in [4.78, 5) is 2.70. The zero-order chi connectivity index (χ0) is 15.1. The molecule has 0 radical (unpaired) electrons. The highest BCUT2D eigenvalue weighted by atomic mass is 15.2. The van der Waals surface area contributed by atoms with Crippen molar-refractivity contribution in [1.29, 1.82) is 5.26 Å². The van der Waals surface area contributed by atoms with Crippen molar-refractivity contribution < 1.29 is 0 Å². The molecule has 1 saturated carbocycles. The van der Waals surface area contributed by atoms with E-state index in [4.69, 9.17) is 0 Å². The summed E-state index contributed by atoms with van der Waals surface area (Å²) < 4.78 is 0. The van der Waals surface area contributed by atoms with E-state index in [1.165, 1.54) is 58.0 Å². The van der Waals surface area contributed by atoms with Crippen molar-refractivity contribution in [2.24, 2.45) is 5.92 Å². The van der Waals surface area contributed by atoms with Crippen molar-refractivity contribution in [2.75, 3.05) is 19.6 Å². The van der Waals surface area contributed by atoms with Gasteiger partial charge in [-0.05, 0) is 70.5 Å². The lowest BCUT2D eigenvalue weighted by Gasteiger charge is -2.37. The Balaban J connectivity index is 1.90. The van der Waals surface area contributed by atoms with Gasteiger partial charge in [-0.15, -0.1) is 0 Å². The molecule has 2 fully saturated rings. The van der Waals surface area contributed by atoms with Crippen molar-refractivity contribution in [3.05, 3.63) is 0 Å². The molecule has 1 heterocycles. The maximum Gasteiger partial charge on any atom is 0.109 e. The Kier molecular flexibility index (Phi) is 6.51. The average Bonchev–Trinajstić information content (AvgIpc) is 2.94. The van der Waals surface area contributed by atoms with E-state index in [-0.39, 0.29) is 5.54 Å². The van der Waals surface area contributed by atoms with Crippen LogP contribution in [0.5, 0.6) is 0 Å². The molecule has 3 nitrogen and oxygen atoms in total. The van der Waals surface area contributed by atoms with Gasteiger partial charge in [0.05, 0.1) is 6.07 Å². The molecule has 1 N–H and O–H groups in total. The highest BCUT2D eigenvalue weighted by Gasteiger charge is 2.42. The van der Waals surface area contributed by atoms with Crippen LogP contribution in [0.3, 0.4) is 0 Å². The smallest absolute Gasteiger partial charge is 0.109 e. The molecule has 0 aromatic heterocycles. The van der Waals surface area contributed by atoms with E-state index in [9.17, 15) is 5.26 Å². The van der Waals surface area contributed by atoms with Gasteiger partial charge in [0.25, 0.3) is 0 Å². The zero-order valence-electron chi connectivity index (χ0n) is 14.0. The summed E-state index contributed by atoms with van der Waals surface area (Å²) in [6, 6.07) is 3.44.